The molecule has 1 aliphatic rings. The summed E-state index contributed by atoms with van der Waals surface area (Å²) in [4.78, 5) is 25.6. The molecule has 0 aromatic heterocycles. The number of ether oxygens (including phenoxy) is 1. The molecule has 0 radical (unpaired) electrons. The van der Waals surface area contributed by atoms with Crippen LogP contribution in [0.3, 0.4) is 0 Å². The maximum Gasteiger partial charge on any atom is 0.256 e. The fraction of sp³-hybridized carbons (Fsp3) is 0.176. The summed E-state index contributed by atoms with van der Waals surface area (Å²) in [5.41, 5.74) is 0.956. The van der Waals surface area contributed by atoms with Crippen molar-refractivity contribution < 1.29 is 18.7 Å². The van der Waals surface area contributed by atoms with Gasteiger partial charge in [-0.2, -0.15) is 0 Å². The van der Waals surface area contributed by atoms with Crippen LogP contribution in [0.5, 0.6) is 5.75 Å². The molecule has 2 aromatic rings. The van der Waals surface area contributed by atoms with E-state index in [2.05, 4.69) is 5.32 Å². The van der Waals surface area contributed by atoms with Crippen molar-refractivity contribution >= 4 is 23.2 Å². The fourth-order valence-corrected chi connectivity index (χ4v) is 2.52. The van der Waals surface area contributed by atoms with Gasteiger partial charge >= 0.3 is 0 Å². The van der Waals surface area contributed by atoms with Crippen LogP contribution >= 0.6 is 0 Å². The van der Waals surface area contributed by atoms with Crippen LogP contribution in [0.15, 0.2) is 48.5 Å². The molecular weight excluding hydrogens is 299 g/mol. The third-order valence-corrected chi connectivity index (χ3v) is 3.64. The Morgan fingerprint density at radius 1 is 1.17 bits per heavy atom. The van der Waals surface area contributed by atoms with Gasteiger partial charge in [0, 0.05) is 5.69 Å². The molecule has 0 bridgehead atoms. The van der Waals surface area contributed by atoms with Crippen LogP contribution in [0.4, 0.5) is 15.8 Å². The lowest BCUT2D eigenvalue weighted by Gasteiger charge is -2.16. The quantitative estimate of drug-likeness (QED) is 0.881. The molecule has 23 heavy (non-hydrogen) atoms. The monoisotopic (exact) mass is 314 g/mol. The van der Waals surface area contributed by atoms with E-state index in [4.69, 9.17) is 4.74 Å². The number of benzene rings is 2. The van der Waals surface area contributed by atoms with Gasteiger partial charge in [0.05, 0.1) is 19.2 Å². The van der Waals surface area contributed by atoms with Crippen LogP contribution in [0.2, 0.25) is 0 Å². The molecule has 3 rings (SSSR count). The first-order valence-electron chi connectivity index (χ1n) is 7.11. The molecule has 0 spiro atoms. The largest absolute Gasteiger partial charge is 0.497 e. The van der Waals surface area contributed by atoms with E-state index in [0.717, 1.165) is 4.90 Å². The number of halogens is 1. The van der Waals surface area contributed by atoms with Crippen molar-refractivity contribution in [2.45, 2.75) is 12.5 Å². The predicted molar refractivity (Wildman–Crippen MR) is 83.9 cm³/mol. The highest BCUT2D eigenvalue weighted by Crippen LogP contribution is 2.26. The van der Waals surface area contributed by atoms with Gasteiger partial charge in [0.2, 0.25) is 5.91 Å². The van der Waals surface area contributed by atoms with Crippen molar-refractivity contribution in [1.82, 2.24) is 0 Å². The standard InChI is InChI=1S/C17H15FN2O3/c1-23-14-7-5-12(6-8-14)19-15-10-16(21)20(17(15)22)13-4-2-3-11(18)9-13/h2-9,15,19H,10H2,1H3. The summed E-state index contributed by atoms with van der Waals surface area (Å²) in [6, 6.07) is 11.8. The van der Waals surface area contributed by atoms with Gasteiger partial charge in [-0.3, -0.25) is 9.59 Å². The zero-order valence-electron chi connectivity index (χ0n) is 12.5. The van der Waals surface area contributed by atoms with E-state index in [1.54, 1.807) is 31.4 Å². The maximum atomic E-state index is 13.3. The van der Waals surface area contributed by atoms with E-state index in [0.29, 0.717) is 11.4 Å². The topological polar surface area (TPSA) is 58.6 Å². The first-order valence-corrected chi connectivity index (χ1v) is 7.11. The minimum atomic E-state index is -0.667. The number of nitrogens with zero attached hydrogens (tertiary/aromatic N) is 1. The number of hydrogen-bond donors (Lipinski definition) is 1. The molecule has 5 nitrogen and oxygen atoms in total. The number of anilines is 2. The Hall–Kier alpha value is -2.89. The number of methoxy groups -OCH3 is 1. The molecule has 1 atom stereocenters. The third-order valence-electron chi connectivity index (χ3n) is 3.64. The van der Waals surface area contributed by atoms with E-state index in [1.807, 2.05) is 0 Å². The first kappa shape index (κ1) is 15.0. The lowest BCUT2D eigenvalue weighted by molar-refractivity contribution is -0.121. The second kappa shape index (κ2) is 6.08. The average Bonchev–Trinajstić information content (AvgIpc) is 2.82. The highest BCUT2D eigenvalue weighted by molar-refractivity contribution is 6.23. The van der Waals surface area contributed by atoms with Gasteiger partial charge in [0.25, 0.3) is 5.91 Å². The van der Waals surface area contributed by atoms with Crippen molar-refractivity contribution in [3.05, 3.63) is 54.3 Å². The number of hydrogen-bond acceptors (Lipinski definition) is 4. The Labute approximate surface area is 132 Å². The molecule has 1 N–H and O–H groups in total. The Morgan fingerprint density at radius 3 is 2.57 bits per heavy atom. The highest BCUT2D eigenvalue weighted by atomic mass is 19.1. The van der Waals surface area contributed by atoms with Crippen molar-refractivity contribution in [2.75, 3.05) is 17.3 Å². The summed E-state index contributed by atoms with van der Waals surface area (Å²) in [6.45, 7) is 0. The van der Waals surface area contributed by atoms with E-state index in [9.17, 15) is 14.0 Å². The number of nitrogens with one attached hydrogen (secondary N) is 1. The summed E-state index contributed by atoms with van der Waals surface area (Å²) >= 11 is 0. The fourth-order valence-electron chi connectivity index (χ4n) is 2.52. The number of carbonyl (C=O) groups is 2. The van der Waals surface area contributed by atoms with Crippen LogP contribution in [0, 0.1) is 5.82 Å². The summed E-state index contributed by atoms with van der Waals surface area (Å²) < 4.78 is 18.4. The molecule has 1 unspecified atom stereocenters. The van der Waals surface area contributed by atoms with Crippen LogP contribution in [-0.2, 0) is 9.59 Å². The van der Waals surface area contributed by atoms with Crippen LogP contribution in [0.25, 0.3) is 0 Å². The summed E-state index contributed by atoms with van der Waals surface area (Å²) in [5.74, 6) is -0.538. The van der Waals surface area contributed by atoms with E-state index in [1.165, 1.54) is 24.3 Å². The first-order chi connectivity index (χ1) is 11.1. The van der Waals surface area contributed by atoms with Crippen LogP contribution in [0.1, 0.15) is 6.42 Å². The third kappa shape index (κ3) is 3.01. The molecule has 6 heteroatoms. The minimum Gasteiger partial charge on any atom is -0.497 e. The van der Waals surface area contributed by atoms with Gasteiger partial charge in [0.1, 0.15) is 17.6 Å². The van der Waals surface area contributed by atoms with Gasteiger partial charge in [-0.1, -0.05) is 6.07 Å². The second-order valence-electron chi connectivity index (χ2n) is 5.18. The normalized spacial score (nSPS) is 17.5. The smallest absolute Gasteiger partial charge is 0.256 e. The Kier molecular flexibility index (Phi) is 3.97. The van der Waals surface area contributed by atoms with E-state index in [-0.39, 0.29) is 18.0 Å². The molecule has 118 valence electrons. The molecule has 2 amide bonds. The Morgan fingerprint density at radius 2 is 1.91 bits per heavy atom. The van der Waals surface area contributed by atoms with Crippen LogP contribution in [-0.4, -0.2) is 25.0 Å². The minimum absolute atomic E-state index is 0.0291. The summed E-state index contributed by atoms with van der Waals surface area (Å²) in [7, 11) is 1.57. The zero-order valence-corrected chi connectivity index (χ0v) is 12.5. The van der Waals surface area contributed by atoms with Crippen molar-refractivity contribution in [3.8, 4) is 5.75 Å². The van der Waals surface area contributed by atoms with Crippen molar-refractivity contribution in [1.29, 1.82) is 0 Å². The predicted octanol–water partition coefficient (Wildman–Crippen LogP) is 2.58. The molecule has 0 aliphatic carbocycles. The average molecular weight is 314 g/mol. The van der Waals surface area contributed by atoms with Gasteiger partial charge in [0.15, 0.2) is 0 Å². The number of imide groups is 1. The van der Waals surface area contributed by atoms with Crippen LogP contribution < -0.4 is 15.0 Å². The maximum absolute atomic E-state index is 13.3. The molecule has 1 fully saturated rings. The second-order valence-corrected chi connectivity index (χ2v) is 5.18. The molecule has 1 heterocycles. The molecular formula is C17H15FN2O3. The molecule has 0 saturated carbocycles. The van der Waals surface area contributed by atoms with Crippen molar-refractivity contribution in [2.24, 2.45) is 0 Å². The lowest BCUT2D eigenvalue weighted by atomic mass is 10.2. The zero-order chi connectivity index (χ0) is 16.4. The lowest BCUT2D eigenvalue weighted by Crippen LogP contribution is -2.34. The number of amides is 2. The number of carbonyl (C=O) groups excluding carboxylic acids is 2. The van der Waals surface area contributed by atoms with E-state index >= 15 is 0 Å². The van der Waals surface area contributed by atoms with E-state index < -0.39 is 17.8 Å². The van der Waals surface area contributed by atoms with Gasteiger partial charge in [-0.05, 0) is 42.5 Å². The van der Waals surface area contributed by atoms with Gasteiger partial charge < -0.3 is 10.1 Å². The molecule has 1 aliphatic heterocycles. The molecule has 1 saturated heterocycles. The molecule has 2 aromatic carbocycles. The highest BCUT2D eigenvalue weighted by Gasteiger charge is 2.39. The SMILES string of the molecule is COc1ccc(NC2CC(=O)N(c3cccc(F)c3)C2=O)cc1. The Bertz CT molecular complexity index is 746. The summed E-state index contributed by atoms with van der Waals surface area (Å²) in [6.07, 6.45) is 0.0291. The van der Waals surface area contributed by atoms with Gasteiger partial charge in [-0.25, -0.2) is 9.29 Å². The number of rotatable bonds is 4. The van der Waals surface area contributed by atoms with Gasteiger partial charge in [-0.15, -0.1) is 0 Å². The van der Waals surface area contributed by atoms with Crippen molar-refractivity contribution in [3.63, 3.8) is 0 Å². The summed E-state index contributed by atoms with van der Waals surface area (Å²) in [5, 5.41) is 3.03. The Balaban J connectivity index is 1.78.